The van der Waals surface area contributed by atoms with Gasteiger partial charge in [0.1, 0.15) is 42.0 Å². The number of carbonyl (C=O) groups is 3. The molecule has 3 heterocycles. The number of hydrogen-bond acceptors (Lipinski definition) is 23. The molecule has 1 aromatic carbocycles. The molecule has 2 amide bonds. The number of aromatic hydroxyl groups is 1. The zero-order chi connectivity index (χ0) is 43.8. The molecule has 1 saturated heterocycles. The molecular formula is C30H40N7O18P3S-4. The Kier molecular flexibility index (Phi) is 16.7. The molecule has 4 rings (SSSR count). The van der Waals surface area contributed by atoms with Crippen LogP contribution in [0.2, 0.25) is 0 Å². The first-order chi connectivity index (χ1) is 27.5. The van der Waals surface area contributed by atoms with Gasteiger partial charge in [0.05, 0.1) is 27.4 Å². The van der Waals surface area contributed by atoms with Crippen LogP contribution < -0.4 is 35.9 Å². The number of phosphoric acid groups is 3. The predicted molar refractivity (Wildman–Crippen MR) is 195 cm³/mol. The van der Waals surface area contributed by atoms with E-state index < -0.39 is 84.6 Å². The molecule has 59 heavy (non-hydrogen) atoms. The zero-order valence-electron chi connectivity index (χ0n) is 31.1. The number of ether oxygens (including phenoxy) is 1. The van der Waals surface area contributed by atoms with Crippen molar-refractivity contribution in [3.05, 3.63) is 42.5 Å². The molecule has 1 aliphatic rings. The van der Waals surface area contributed by atoms with Gasteiger partial charge in [-0.2, -0.15) is 0 Å². The number of aliphatic hydroxyl groups excluding tert-OH is 2. The van der Waals surface area contributed by atoms with Crippen LogP contribution in [0.3, 0.4) is 0 Å². The molecular weight excluding hydrogens is 871 g/mol. The van der Waals surface area contributed by atoms with Crippen molar-refractivity contribution in [3.8, 4) is 5.75 Å². The zero-order valence-corrected chi connectivity index (χ0v) is 34.6. The van der Waals surface area contributed by atoms with Crippen LogP contribution >= 0.6 is 35.2 Å². The Morgan fingerprint density at radius 2 is 1.69 bits per heavy atom. The van der Waals surface area contributed by atoms with Gasteiger partial charge in [-0.1, -0.05) is 37.7 Å². The molecule has 2 aromatic heterocycles. The van der Waals surface area contributed by atoms with E-state index in [9.17, 15) is 63.0 Å². The van der Waals surface area contributed by atoms with E-state index in [1.165, 1.54) is 26.0 Å². The third-order valence-corrected chi connectivity index (χ3v) is 12.2. The maximum Gasteiger partial charge on any atom is 0.274 e. The summed E-state index contributed by atoms with van der Waals surface area (Å²) in [6.45, 7) is 0.00725. The number of aromatic nitrogens is 4. The Bertz CT molecular complexity index is 2090. The highest BCUT2D eigenvalue weighted by molar-refractivity contribution is 8.13. The van der Waals surface area contributed by atoms with Crippen LogP contribution in [0.25, 0.3) is 11.2 Å². The summed E-state index contributed by atoms with van der Waals surface area (Å²) >= 11 is 1.03. The van der Waals surface area contributed by atoms with E-state index in [0.29, 0.717) is 12.2 Å². The molecule has 328 valence electrons. The van der Waals surface area contributed by atoms with Gasteiger partial charge < -0.3 is 74.1 Å². The van der Waals surface area contributed by atoms with Crippen LogP contribution in [0.4, 0.5) is 5.82 Å². The number of phenols is 1. The van der Waals surface area contributed by atoms with Crippen molar-refractivity contribution in [3.63, 3.8) is 0 Å². The van der Waals surface area contributed by atoms with E-state index in [1.54, 1.807) is 12.1 Å². The monoisotopic (exact) mass is 911 g/mol. The quantitative estimate of drug-likeness (QED) is 0.0447. The highest BCUT2D eigenvalue weighted by atomic mass is 32.2. The molecule has 3 aromatic rings. The van der Waals surface area contributed by atoms with Gasteiger partial charge >= 0.3 is 0 Å². The number of nitrogens with one attached hydrogen (secondary N) is 2. The van der Waals surface area contributed by atoms with E-state index in [0.717, 1.165) is 34.5 Å². The average molecular weight is 912 g/mol. The fourth-order valence-corrected chi connectivity index (χ4v) is 8.67. The fraction of sp³-hybridized carbons (Fsp3) is 0.533. The number of rotatable bonds is 22. The standard InChI is InChI=1S/C30H44N7O18P3S/c1-30(2,25(42)28(43)33-10-9-20(39)32-11-12-59-21(40)8-5-17-3-6-18(38)7-4-17)14-52-58(49,50)55-57(47,48)51-13-19-24(54-56(44,45)46)23(41)29(53-19)37-16-36-22-26(31)34-15-35-27(22)37/h3-4,6-7,15-16,19,23-25,29,38,41-42H,5,8-14H2,1-2H3,(H,32,39)(H,33,43)(H,47,48)(H,49,50)(H2,31,34,35)(H2,44,45,46)/p-4/t19-,23-,24-,25+,29-/m1/s1. The first-order valence-electron chi connectivity index (χ1n) is 17.2. The number of anilines is 1. The largest absolute Gasteiger partial charge is 0.790 e. The van der Waals surface area contributed by atoms with Gasteiger partial charge in [0, 0.05) is 37.1 Å². The summed E-state index contributed by atoms with van der Waals surface area (Å²) in [7, 11) is -17.6. The minimum atomic E-state index is -5.92. The van der Waals surface area contributed by atoms with Crippen molar-refractivity contribution in [2.45, 2.75) is 63.8 Å². The van der Waals surface area contributed by atoms with Gasteiger partial charge in [-0.15, -0.1) is 0 Å². The molecule has 7 N–H and O–H groups in total. The minimum Gasteiger partial charge on any atom is -0.790 e. The highest BCUT2D eigenvalue weighted by Gasteiger charge is 2.47. The van der Waals surface area contributed by atoms with Crippen molar-refractivity contribution in [1.82, 2.24) is 30.2 Å². The second kappa shape index (κ2) is 20.4. The number of phenolic OH excluding ortho intramolecular Hbond substituents is 1. The number of amides is 2. The maximum absolute atomic E-state index is 12.6. The average Bonchev–Trinajstić information content (AvgIpc) is 3.71. The topological polar surface area (TPSA) is 395 Å². The van der Waals surface area contributed by atoms with Crippen molar-refractivity contribution >= 4 is 69.1 Å². The van der Waals surface area contributed by atoms with Crippen LogP contribution in [-0.4, -0.2) is 108 Å². The lowest BCUT2D eigenvalue weighted by molar-refractivity contribution is -0.347. The second-order valence-electron chi connectivity index (χ2n) is 13.4. The Morgan fingerprint density at radius 1 is 1.02 bits per heavy atom. The lowest BCUT2D eigenvalue weighted by Crippen LogP contribution is -2.46. The van der Waals surface area contributed by atoms with Crippen molar-refractivity contribution in [1.29, 1.82) is 0 Å². The number of imidazole rings is 1. The smallest absolute Gasteiger partial charge is 0.274 e. The number of nitrogens with two attached hydrogens (primary N) is 1. The van der Waals surface area contributed by atoms with Crippen LogP contribution in [0.15, 0.2) is 36.9 Å². The van der Waals surface area contributed by atoms with E-state index >= 15 is 0 Å². The Labute approximate surface area is 339 Å². The summed E-state index contributed by atoms with van der Waals surface area (Å²) < 4.78 is 60.5. The summed E-state index contributed by atoms with van der Waals surface area (Å²) in [6, 6.07) is 6.46. The lowest BCUT2D eigenvalue weighted by Gasteiger charge is -2.36. The molecule has 0 radical (unpaired) electrons. The van der Waals surface area contributed by atoms with Gasteiger partial charge in [-0.25, -0.2) is 19.3 Å². The molecule has 0 saturated carbocycles. The Balaban J connectivity index is 1.19. The summed E-state index contributed by atoms with van der Waals surface area (Å²) in [4.78, 5) is 96.3. The number of carbonyl (C=O) groups excluding carboxylic acids is 3. The normalized spacial score (nSPS) is 21.1. The number of phosphoric ester groups is 3. The van der Waals surface area contributed by atoms with E-state index in [-0.39, 0.29) is 53.8 Å². The Morgan fingerprint density at radius 3 is 2.37 bits per heavy atom. The third-order valence-electron chi connectivity index (χ3n) is 8.29. The number of nitrogens with zero attached hydrogens (tertiary/aromatic N) is 4. The van der Waals surface area contributed by atoms with Crippen LogP contribution in [-0.2, 0) is 57.1 Å². The summed E-state index contributed by atoms with van der Waals surface area (Å²) in [5.41, 5.74) is 4.93. The third kappa shape index (κ3) is 14.6. The number of nitrogen functional groups attached to an aromatic ring is 1. The van der Waals surface area contributed by atoms with E-state index in [4.69, 9.17) is 10.5 Å². The van der Waals surface area contributed by atoms with E-state index in [1.807, 2.05) is 0 Å². The van der Waals surface area contributed by atoms with Crippen molar-refractivity contribution < 1.29 is 85.6 Å². The van der Waals surface area contributed by atoms with Crippen LogP contribution in [0.5, 0.6) is 5.75 Å². The van der Waals surface area contributed by atoms with Gasteiger partial charge in [0.2, 0.25) is 11.8 Å². The second-order valence-corrected chi connectivity index (χ2v) is 18.6. The summed E-state index contributed by atoms with van der Waals surface area (Å²) in [5.74, 6) is -1.18. The lowest BCUT2D eigenvalue weighted by atomic mass is 9.87. The number of aliphatic hydroxyl groups is 2. The number of thioether (sulfide) groups is 1. The molecule has 29 heteroatoms. The number of fused-ring (bicyclic) bond motifs is 1. The molecule has 0 bridgehead atoms. The SMILES string of the molecule is CC(C)(COP(=O)([O-])OP(=O)([O-])OC[C@H]1O[C@@H](n2cnc3c(N)ncnc32)[C@H](O)[C@@H]1OP(=O)([O-])[O-])[C@@H](O)C(=O)NCCC(=O)NCCSC(=O)CCc1ccc(O)cc1. The maximum atomic E-state index is 12.6. The van der Waals surface area contributed by atoms with Crippen molar-refractivity contribution in [2.75, 3.05) is 37.8 Å². The molecule has 25 nitrogen and oxygen atoms in total. The molecule has 7 atom stereocenters. The number of aryl methyl sites for hydroxylation is 1. The van der Waals surface area contributed by atoms with Gasteiger partial charge in [0.15, 0.2) is 22.8 Å². The van der Waals surface area contributed by atoms with Crippen LogP contribution in [0, 0.1) is 5.41 Å². The first kappa shape index (κ1) is 48.2. The van der Waals surface area contributed by atoms with Gasteiger partial charge in [-0.05, 0) is 24.1 Å². The fourth-order valence-electron chi connectivity index (χ4n) is 5.25. The molecule has 1 aliphatic heterocycles. The first-order valence-corrected chi connectivity index (χ1v) is 22.6. The van der Waals surface area contributed by atoms with Gasteiger partial charge in [-0.3, -0.25) is 28.1 Å². The Hall–Kier alpha value is -3.42. The van der Waals surface area contributed by atoms with Gasteiger partial charge in [0.25, 0.3) is 15.6 Å². The van der Waals surface area contributed by atoms with E-state index in [2.05, 4.69) is 43.5 Å². The minimum absolute atomic E-state index is 0.0260. The molecule has 1 fully saturated rings. The van der Waals surface area contributed by atoms with Crippen molar-refractivity contribution in [2.24, 2.45) is 5.41 Å². The molecule has 0 aliphatic carbocycles. The molecule has 0 spiro atoms. The molecule has 2 unspecified atom stereocenters. The highest BCUT2D eigenvalue weighted by Crippen LogP contribution is 2.56. The number of benzene rings is 1. The summed E-state index contributed by atoms with van der Waals surface area (Å²) in [5, 5.41) is 35.5. The number of hydrogen-bond donors (Lipinski definition) is 6. The van der Waals surface area contributed by atoms with Crippen LogP contribution in [0.1, 0.15) is 38.5 Å². The predicted octanol–water partition coefficient (Wildman–Crippen LogP) is -2.52. The summed E-state index contributed by atoms with van der Waals surface area (Å²) in [6.07, 6.45) is -6.91.